The lowest BCUT2D eigenvalue weighted by molar-refractivity contribution is -0.138. The Bertz CT molecular complexity index is 744. The van der Waals surface area contributed by atoms with Crippen LogP contribution < -0.4 is 4.74 Å². The van der Waals surface area contributed by atoms with Crippen molar-refractivity contribution in [1.82, 2.24) is 0 Å². The fourth-order valence-electron chi connectivity index (χ4n) is 3.15. The predicted octanol–water partition coefficient (Wildman–Crippen LogP) is 4.69. The van der Waals surface area contributed by atoms with E-state index in [4.69, 9.17) is 14.9 Å². The first-order chi connectivity index (χ1) is 14.3. The maximum Gasteiger partial charge on any atom is 0.303 e. The third kappa shape index (κ3) is 11.8. The van der Waals surface area contributed by atoms with Crippen LogP contribution in [0.4, 0.5) is 0 Å². The minimum absolute atomic E-state index is 0.0166. The van der Waals surface area contributed by atoms with Crippen molar-refractivity contribution in [2.24, 2.45) is 0 Å². The van der Waals surface area contributed by atoms with Gasteiger partial charge in [0.2, 0.25) is 0 Å². The second-order valence-electron chi connectivity index (χ2n) is 7.44. The lowest BCUT2D eigenvalue weighted by atomic mass is 10.1. The molecule has 0 aliphatic rings. The zero-order valence-electron chi connectivity index (χ0n) is 17.6. The van der Waals surface area contributed by atoms with Gasteiger partial charge in [-0.1, -0.05) is 57.1 Å². The fourth-order valence-corrected chi connectivity index (χ4v) is 4.67. The first-order valence-corrected chi connectivity index (χ1v) is 12.4. The SMILES string of the molecule is O=C(O)CCCCCCCCCCCS(=O)(=O)c1ccccc1OCCCC(=O)O. The topological polar surface area (TPSA) is 118 Å². The Morgan fingerprint density at radius 1 is 0.733 bits per heavy atom. The summed E-state index contributed by atoms with van der Waals surface area (Å²) in [7, 11) is -3.45. The second kappa shape index (κ2) is 14.8. The maximum absolute atomic E-state index is 12.7. The Labute approximate surface area is 179 Å². The number of hydrogen-bond acceptors (Lipinski definition) is 5. The van der Waals surface area contributed by atoms with Crippen LogP contribution in [-0.4, -0.2) is 42.9 Å². The van der Waals surface area contributed by atoms with Gasteiger partial charge in [0.25, 0.3) is 0 Å². The minimum atomic E-state index is -3.45. The highest BCUT2D eigenvalue weighted by Gasteiger charge is 2.19. The number of carbonyl (C=O) groups is 2. The zero-order chi connectivity index (χ0) is 22.2. The lowest BCUT2D eigenvalue weighted by Gasteiger charge is -2.11. The summed E-state index contributed by atoms with van der Waals surface area (Å²) in [6.45, 7) is 0.162. The number of carboxylic acid groups (broad SMARTS) is 2. The molecular weight excluding hydrogens is 408 g/mol. The van der Waals surface area contributed by atoms with Crippen LogP contribution in [0, 0.1) is 0 Å². The van der Waals surface area contributed by atoms with Crippen LogP contribution >= 0.6 is 0 Å². The van der Waals surface area contributed by atoms with Gasteiger partial charge in [0.05, 0.1) is 12.4 Å². The largest absolute Gasteiger partial charge is 0.492 e. The number of para-hydroxylation sites is 1. The summed E-state index contributed by atoms with van der Waals surface area (Å²) >= 11 is 0. The van der Waals surface area contributed by atoms with Crippen molar-refractivity contribution in [1.29, 1.82) is 0 Å². The van der Waals surface area contributed by atoms with E-state index in [1.807, 2.05) is 0 Å². The Balaban J connectivity index is 2.26. The van der Waals surface area contributed by atoms with E-state index in [1.54, 1.807) is 18.2 Å². The van der Waals surface area contributed by atoms with Crippen LogP contribution in [0.5, 0.6) is 5.75 Å². The molecule has 0 aliphatic carbocycles. The van der Waals surface area contributed by atoms with Crippen molar-refractivity contribution in [2.45, 2.75) is 81.9 Å². The number of benzene rings is 1. The van der Waals surface area contributed by atoms with Gasteiger partial charge in [-0.05, 0) is 31.4 Å². The molecule has 30 heavy (non-hydrogen) atoms. The number of unbranched alkanes of at least 4 members (excludes halogenated alkanes) is 8. The molecule has 0 amide bonds. The van der Waals surface area contributed by atoms with Crippen LogP contribution in [0.3, 0.4) is 0 Å². The van der Waals surface area contributed by atoms with Crippen LogP contribution in [0.15, 0.2) is 29.2 Å². The summed E-state index contributed by atoms with van der Waals surface area (Å²) in [4.78, 5) is 21.2. The van der Waals surface area contributed by atoms with Gasteiger partial charge >= 0.3 is 11.9 Å². The second-order valence-corrected chi connectivity index (χ2v) is 9.51. The van der Waals surface area contributed by atoms with E-state index in [9.17, 15) is 18.0 Å². The molecule has 0 aromatic heterocycles. The number of sulfone groups is 1. The smallest absolute Gasteiger partial charge is 0.303 e. The van der Waals surface area contributed by atoms with Crippen molar-refractivity contribution in [3.63, 3.8) is 0 Å². The highest BCUT2D eigenvalue weighted by atomic mass is 32.2. The van der Waals surface area contributed by atoms with Gasteiger partial charge in [-0.25, -0.2) is 8.42 Å². The maximum atomic E-state index is 12.7. The molecule has 0 aliphatic heterocycles. The van der Waals surface area contributed by atoms with Gasteiger partial charge in [0, 0.05) is 12.8 Å². The van der Waals surface area contributed by atoms with E-state index in [1.165, 1.54) is 6.07 Å². The zero-order valence-corrected chi connectivity index (χ0v) is 18.4. The van der Waals surface area contributed by atoms with E-state index in [0.29, 0.717) is 12.8 Å². The third-order valence-electron chi connectivity index (χ3n) is 4.78. The summed E-state index contributed by atoms with van der Waals surface area (Å²) in [5, 5.41) is 17.2. The van der Waals surface area contributed by atoms with Gasteiger partial charge in [-0.2, -0.15) is 0 Å². The molecule has 0 saturated heterocycles. The highest BCUT2D eigenvalue weighted by Crippen LogP contribution is 2.25. The van der Waals surface area contributed by atoms with Crippen molar-refractivity contribution in [2.75, 3.05) is 12.4 Å². The molecule has 0 heterocycles. The molecule has 0 bridgehead atoms. The van der Waals surface area contributed by atoms with E-state index >= 15 is 0 Å². The first kappa shape index (κ1) is 25.9. The van der Waals surface area contributed by atoms with Crippen molar-refractivity contribution in [3.8, 4) is 5.75 Å². The van der Waals surface area contributed by atoms with Gasteiger partial charge < -0.3 is 14.9 Å². The Kier molecular flexibility index (Phi) is 12.8. The van der Waals surface area contributed by atoms with E-state index < -0.39 is 21.8 Å². The first-order valence-electron chi connectivity index (χ1n) is 10.7. The molecule has 8 heteroatoms. The molecule has 0 fully saturated rings. The predicted molar refractivity (Wildman–Crippen MR) is 115 cm³/mol. The molecule has 0 atom stereocenters. The summed E-state index contributed by atoms with van der Waals surface area (Å²) in [5.74, 6) is -1.29. The number of hydrogen-bond donors (Lipinski definition) is 2. The van der Waals surface area contributed by atoms with Gasteiger partial charge in [0.15, 0.2) is 9.84 Å². The van der Waals surface area contributed by atoms with E-state index in [0.717, 1.165) is 51.4 Å². The summed E-state index contributed by atoms with van der Waals surface area (Å²) in [6, 6.07) is 6.50. The average Bonchev–Trinajstić information content (AvgIpc) is 2.69. The molecule has 0 unspecified atom stereocenters. The normalized spacial score (nSPS) is 11.3. The summed E-state index contributed by atoms with van der Waals surface area (Å²) in [6.07, 6.45) is 8.93. The van der Waals surface area contributed by atoms with Gasteiger partial charge in [0.1, 0.15) is 10.6 Å². The van der Waals surface area contributed by atoms with Crippen molar-refractivity contribution >= 4 is 21.8 Å². The standard InChI is InChI=1S/C22H34O7S/c23-21(24)15-8-6-4-2-1-3-5-7-11-18-30(27,28)20-14-10-9-13-19(20)29-17-12-16-22(25)26/h9-10,13-14H,1-8,11-12,15-18H2,(H,23,24)(H,25,26). The minimum Gasteiger partial charge on any atom is -0.492 e. The monoisotopic (exact) mass is 442 g/mol. The van der Waals surface area contributed by atoms with Gasteiger partial charge in [-0.15, -0.1) is 0 Å². The highest BCUT2D eigenvalue weighted by molar-refractivity contribution is 7.91. The number of aliphatic carboxylic acids is 2. The summed E-state index contributed by atoms with van der Waals surface area (Å²) in [5.41, 5.74) is 0. The molecule has 1 rings (SSSR count). The molecule has 7 nitrogen and oxygen atoms in total. The molecule has 0 saturated carbocycles. The molecule has 0 spiro atoms. The van der Waals surface area contributed by atoms with Crippen molar-refractivity contribution < 1.29 is 33.0 Å². The molecule has 1 aromatic rings. The molecule has 1 aromatic carbocycles. The number of rotatable bonds is 18. The molecule has 2 N–H and O–H groups in total. The van der Waals surface area contributed by atoms with Crippen LogP contribution in [0.2, 0.25) is 0 Å². The Hall–Kier alpha value is -2.09. The average molecular weight is 443 g/mol. The molecule has 0 radical (unpaired) electrons. The lowest BCUT2D eigenvalue weighted by Crippen LogP contribution is -2.10. The molecular formula is C22H34O7S. The quantitative estimate of drug-likeness (QED) is 0.317. The van der Waals surface area contributed by atoms with Crippen molar-refractivity contribution in [3.05, 3.63) is 24.3 Å². The molecule has 170 valence electrons. The van der Waals surface area contributed by atoms with Crippen LogP contribution in [-0.2, 0) is 19.4 Å². The van der Waals surface area contributed by atoms with E-state index in [-0.39, 0.29) is 35.8 Å². The Morgan fingerprint density at radius 2 is 1.23 bits per heavy atom. The number of ether oxygens (including phenoxy) is 1. The van der Waals surface area contributed by atoms with Crippen LogP contribution in [0.25, 0.3) is 0 Å². The number of carboxylic acids is 2. The Morgan fingerprint density at radius 3 is 1.83 bits per heavy atom. The fraction of sp³-hybridized carbons (Fsp3) is 0.636. The van der Waals surface area contributed by atoms with Gasteiger partial charge in [-0.3, -0.25) is 9.59 Å². The third-order valence-corrected chi connectivity index (χ3v) is 6.61. The summed E-state index contributed by atoms with van der Waals surface area (Å²) < 4.78 is 30.8. The van der Waals surface area contributed by atoms with Crippen LogP contribution in [0.1, 0.15) is 77.0 Å². The van der Waals surface area contributed by atoms with E-state index in [2.05, 4.69) is 0 Å².